The summed E-state index contributed by atoms with van der Waals surface area (Å²) >= 11 is 0. The number of benzene rings is 4. The molecule has 0 aliphatic heterocycles. The van der Waals surface area contributed by atoms with E-state index in [1.54, 1.807) is 19.4 Å². The van der Waals surface area contributed by atoms with E-state index in [0.29, 0.717) is 24.1 Å². The number of aryl methyl sites for hydroxylation is 2. The predicted molar refractivity (Wildman–Crippen MR) is 248 cm³/mol. The number of pyridine rings is 2. The van der Waals surface area contributed by atoms with Gasteiger partial charge in [0.1, 0.15) is 23.4 Å². The van der Waals surface area contributed by atoms with Crippen molar-refractivity contribution in [2.24, 2.45) is 5.92 Å². The third kappa shape index (κ3) is 9.12. The standard InChI is InChI=1S/C55H57F3N4O3/c1-34-13-14-40(55(56,57)58)27-38(34)30-61-53(19-20-53)48-33-60-24-18-43(48)45-10-6-8-12-50(45)65-51-29-37(51)25-36(3)46-28-39(35(2)26-52(46)63-4)31-62-54(21-22-54)47-32-59-23-17-42(47)44-9-5-7-11-49(44)64-41-15-16-41/h5-14,17-18,23-24,26-28,32-33,36-37,41,51,61-62H,15-16,19-22,25,29-31H2,1-4H3. The molecule has 336 valence electrons. The summed E-state index contributed by atoms with van der Waals surface area (Å²) in [6, 6.07) is 29.2. The van der Waals surface area contributed by atoms with Crippen LogP contribution in [0.5, 0.6) is 17.2 Å². The molecule has 4 aliphatic carbocycles. The van der Waals surface area contributed by atoms with E-state index in [0.717, 1.165) is 109 Å². The lowest BCUT2D eigenvalue weighted by molar-refractivity contribution is -0.137. The van der Waals surface area contributed by atoms with Crippen LogP contribution in [0, 0.1) is 19.8 Å². The summed E-state index contributed by atoms with van der Waals surface area (Å²) < 4.78 is 59.9. The summed E-state index contributed by atoms with van der Waals surface area (Å²) in [4.78, 5) is 9.12. The number of aromatic nitrogens is 2. The molecule has 0 bridgehead atoms. The number of halogens is 3. The second-order valence-electron chi connectivity index (χ2n) is 19.0. The lowest BCUT2D eigenvalue weighted by Crippen LogP contribution is -2.29. The van der Waals surface area contributed by atoms with Gasteiger partial charge in [-0.2, -0.15) is 13.2 Å². The van der Waals surface area contributed by atoms with Crippen LogP contribution in [0.2, 0.25) is 0 Å². The van der Waals surface area contributed by atoms with Crippen LogP contribution < -0.4 is 24.8 Å². The van der Waals surface area contributed by atoms with Gasteiger partial charge in [0.05, 0.1) is 18.8 Å². The maximum absolute atomic E-state index is 13.6. The molecule has 4 aromatic carbocycles. The molecule has 10 heteroatoms. The van der Waals surface area contributed by atoms with Crippen molar-refractivity contribution < 1.29 is 27.4 Å². The number of ether oxygens (including phenoxy) is 3. The number of hydrogen-bond acceptors (Lipinski definition) is 7. The van der Waals surface area contributed by atoms with E-state index < -0.39 is 11.7 Å². The zero-order valence-corrected chi connectivity index (χ0v) is 37.6. The fourth-order valence-electron chi connectivity index (χ4n) is 9.72. The molecule has 4 saturated carbocycles. The third-order valence-corrected chi connectivity index (χ3v) is 14.3. The minimum Gasteiger partial charge on any atom is -0.496 e. The fraction of sp³-hybridized carbons (Fsp3) is 0.382. The molecular formula is C55H57F3N4O3. The average molecular weight is 879 g/mol. The van der Waals surface area contributed by atoms with Gasteiger partial charge in [-0.15, -0.1) is 0 Å². The van der Waals surface area contributed by atoms with Gasteiger partial charge in [0.25, 0.3) is 0 Å². The Labute approximate surface area is 380 Å². The maximum Gasteiger partial charge on any atom is 0.416 e. The molecule has 4 fully saturated rings. The van der Waals surface area contributed by atoms with Crippen molar-refractivity contribution >= 4 is 0 Å². The lowest BCUT2D eigenvalue weighted by atomic mass is 9.90. The number of para-hydroxylation sites is 2. The highest BCUT2D eigenvalue weighted by Crippen LogP contribution is 2.52. The van der Waals surface area contributed by atoms with Crippen LogP contribution in [-0.2, 0) is 30.3 Å². The smallest absolute Gasteiger partial charge is 0.416 e. The van der Waals surface area contributed by atoms with Gasteiger partial charge in [0.15, 0.2) is 0 Å². The normalized spacial score (nSPS) is 19.6. The summed E-state index contributed by atoms with van der Waals surface area (Å²) in [7, 11) is 1.76. The quantitative estimate of drug-likeness (QED) is 0.0890. The molecule has 10 rings (SSSR count). The van der Waals surface area contributed by atoms with Crippen LogP contribution in [0.15, 0.2) is 116 Å². The monoisotopic (exact) mass is 878 g/mol. The van der Waals surface area contributed by atoms with E-state index >= 15 is 0 Å². The molecule has 4 aliphatic rings. The van der Waals surface area contributed by atoms with E-state index in [9.17, 15) is 13.2 Å². The molecule has 3 unspecified atom stereocenters. The molecule has 0 amide bonds. The van der Waals surface area contributed by atoms with Gasteiger partial charge >= 0.3 is 6.18 Å². The Kier molecular flexibility index (Phi) is 11.5. The number of methoxy groups -OCH3 is 1. The van der Waals surface area contributed by atoms with Gasteiger partial charge in [-0.3, -0.25) is 9.97 Å². The van der Waals surface area contributed by atoms with Gasteiger partial charge in [-0.05, 0) is 170 Å². The van der Waals surface area contributed by atoms with Crippen molar-refractivity contribution in [1.82, 2.24) is 20.6 Å². The van der Waals surface area contributed by atoms with Crippen LogP contribution in [0.25, 0.3) is 22.3 Å². The maximum atomic E-state index is 13.6. The fourth-order valence-corrected chi connectivity index (χ4v) is 9.72. The Bertz CT molecular complexity index is 2710. The van der Waals surface area contributed by atoms with E-state index in [-0.39, 0.29) is 23.1 Å². The summed E-state index contributed by atoms with van der Waals surface area (Å²) in [6.07, 6.45) is 11.6. The van der Waals surface area contributed by atoms with E-state index in [4.69, 9.17) is 14.2 Å². The van der Waals surface area contributed by atoms with Crippen LogP contribution in [0.3, 0.4) is 0 Å². The second-order valence-corrected chi connectivity index (χ2v) is 19.0. The Morgan fingerprint density at radius 3 is 1.80 bits per heavy atom. The van der Waals surface area contributed by atoms with Crippen LogP contribution in [-0.4, -0.2) is 29.3 Å². The van der Waals surface area contributed by atoms with E-state index in [1.807, 2.05) is 49.8 Å². The Balaban J connectivity index is 0.816. The Hall–Kier alpha value is -5.71. The zero-order chi connectivity index (χ0) is 44.9. The highest BCUT2D eigenvalue weighted by atomic mass is 19.4. The number of rotatable bonds is 18. The van der Waals surface area contributed by atoms with Crippen LogP contribution >= 0.6 is 0 Å². The molecule has 0 spiro atoms. The molecule has 6 aromatic rings. The van der Waals surface area contributed by atoms with E-state index in [1.165, 1.54) is 33.9 Å². The van der Waals surface area contributed by atoms with Crippen molar-refractivity contribution in [3.63, 3.8) is 0 Å². The topological polar surface area (TPSA) is 77.5 Å². The third-order valence-electron chi connectivity index (χ3n) is 14.3. The highest BCUT2D eigenvalue weighted by molar-refractivity contribution is 5.76. The van der Waals surface area contributed by atoms with Crippen molar-refractivity contribution in [3.05, 3.63) is 160 Å². The van der Waals surface area contributed by atoms with Crippen molar-refractivity contribution in [1.29, 1.82) is 0 Å². The van der Waals surface area contributed by atoms with Crippen molar-refractivity contribution in [2.45, 2.75) is 121 Å². The first kappa shape index (κ1) is 43.2. The van der Waals surface area contributed by atoms with Gasteiger partial charge in [-0.25, -0.2) is 0 Å². The van der Waals surface area contributed by atoms with Crippen LogP contribution in [0.4, 0.5) is 13.2 Å². The lowest BCUT2D eigenvalue weighted by Gasteiger charge is -2.24. The summed E-state index contributed by atoms with van der Waals surface area (Å²) in [5.74, 6) is 3.33. The number of alkyl halides is 3. The first-order chi connectivity index (χ1) is 31.4. The van der Waals surface area contributed by atoms with Gasteiger partial charge in [0, 0.05) is 60.1 Å². The minimum atomic E-state index is -4.39. The summed E-state index contributed by atoms with van der Waals surface area (Å²) in [5, 5.41) is 7.63. The molecule has 0 saturated heterocycles. The first-order valence-electron chi connectivity index (χ1n) is 23.2. The predicted octanol–water partition coefficient (Wildman–Crippen LogP) is 12.5. The largest absolute Gasteiger partial charge is 0.496 e. The molecule has 2 N–H and O–H groups in total. The number of hydrogen-bond donors (Lipinski definition) is 2. The van der Waals surface area contributed by atoms with Crippen LogP contribution in [0.1, 0.15) is 109 Å². The average Bonchev–Trinajstić information content (AvgIpc) is 4.09. The Morgan fingerprint density at radius 1 is 0.677 bits per heavy atom. The molecule has 65 heavy (non-hydrogen) atoms. The first-order valence-corrected chi connectivity index (χ1v) is 23.2. The number of nitrogens with one attached hydrogen (secondary N) is 2. The van der Waals surface area contributed by atoms with Crippen molar-refractivity contribution in [3.8, 4) is 39.5 Å². The molecule has 0 radical (unpaired) electrons. The Morgan fingerprint density at radius 2 is 1.25 bits per heavy atom. The second kappa shape index (κ2) is 17.3. The molecule has 2 aromatic heterocycles. The van der Waals surface area contributed by atoms with Gasteiger partial charge in [0.2, 0.25) is 0 Å². The molecule has 3 atom stereocenters. The molecule has 2 heterocycles. The van der Waals surface area contributed by atoms with E-state index in [2.05, 4.69) is 83.0 Å². The summed E-state index contributed by atoms with van der Waals surface area (Å²) in [5.41, 5.74) is 10.6. The SMILES string of the molecule is COc1cc(C)c(CNC2(c3cnccc3-c3ccccc3OC3CC3)CC2)cc1C(C)CC1CC1Oc1ccccc1-c1ccncc1C1(NCc2cc(C(F)(F)F)ccc2C)CC1. The summed E-state index contributed by atoms with van der Waals surface area (Å²) in [6.45, 7) is 7.38. The van der Waals surface area contributed by atoms with Gasteiger partial charge in [-0.1, -0.05) is 55.5 Å². The minimum absolute atomic E-state index is 0.0848. The highest BCUT2D eigenvalue weighted by Gasteiger charge is 2.48. The zero-order valence-electron chi connectivity index (χ0n) is 37.6. The molecule has 7 nitrogen and oxygen atoms in total. The van der Waals surface area contributed by atoms with Crippen molar-refractivity contribution in [2.75, 3.05) is 7.11 Å². The molecular weight excluding hydrogens is 822 g/mol. The number of nitrogens with zero attached hydrogens (tertiary/aromatic N) is 2. The van der Waals surface area contributed by atoms with Gasteiger partial charge < -0.3 is 24.8 Å².